The number of benzene rings is 1. The molecular weight excluding hydrogens is 290 g/mol. The minimum atomic E-state index is 0.240. The minimum Gasteiger partial charge on any atom is -0.493 e. The molecule has 1 aromatic carbocycles. The zero-order valence-electron chi connectivity index (χ0n) is 12.1. The van der Waals surface area contributed by atoms with Gasteiger partial charge in [0, 0.05) is 18.9 Å². The van der Waals surface area contributed by atoms with Crippen molar-refractivity contribution in [2.75, 3.05) is 13.7 Å². The topological polar surface area (TPSA) is 56.3 Å². The zero-order chi connectivity index (χ0) is 15.1. The predicted octanol–water partition coefficient (Wildman–Crippen LogP) is 2.83. The number of rotatable bonds is 7. The third-order valence-corrected chi connectivity index (χ3v) is 3.11. The van der Waals surface area contributed by atoms with Crippen LogP contribution in [-0.4, -0.2) is 23.6 Å². The van der Waals surface area contributed by atoms with Gasteiger partial charge in [-0.05, 0) is 30.3 Å². The fourth-order valence-corrected chi connectivity index (χ4v) is 2.11. The highest BCUT2D eigenvalue weighted by atomic mass is 35.5. The molecule has 0 radical (unpaired) electrons. The Hall–Kier alpha value is -1.85. The lowest BCUT2D eigenvalue weighted by atomic mass is 10.2. The molecule has 2 rings (SSSR count). The van der Waals surface area contributed by atoms with Gasteiger partial charge in [-0.25, -0.2) is 9.97 Å². The van der Waals surface area contributed by atoms with Gasteiger partial charge in [0.15, 0.2) is 17.3 Å². The Bertz CT molecular complexity index is 579. The molecule has 0 saturated carbocycles. The molecule has 21 heavy (non-hydrogen) atoms. The van der Waals surface area contributed by atoms with Gasteiger partial charge in [-0.15, -0.1) is 0 Å². The van der Waals surface area contributed by atoms with Crippen LogP contribution < -0.4 is 14.8 Å². The zero-order valence-corrected chi connectivity index (χ0v) is 12.9. The summed E-state index contributed by atoms with van der Waals surface area (Å²) in [6.45, 7) is 3.91. The molecule has 0 aliphatic carbocycles. The Morgan fingerprint density at radius 1 is 1.24 bits per heavy atom. The lowest BCUT2D eigenvalue weighted by molar-refractivity contribution is 0.276. The number of nitrogens with zero attached hydrogens (tertiary/aromatic N) is 2. The largest absolute Gasteiger partial charge is 0.493 e. The Kier molecular flexibility index (Phi) is 5.78. The van der Waals surface area contributed by atoms with Crippen molar-refractivity contribution in [1.29, 1.82) is 0 Å². The van der Waals surface area contributed by atoms with Crippen LogP contribution in [0.25, 0.3) is 0 Å². The molecule has 0 amide bonds. The van der Waals surface area contributed by atoms with E-state index in [-0.39, 0.29) is 6.61 Å². The van der Waals surface area contributed by atoms with Crippen LogP contribution in [0.4, 0.5) is 0 Å². The summed E-state index contributed by atoms with van der Waals surface area (Å²) in [5, 5.41) is 3.76. The van der Waals surface area contributed by atoms with Gasteiger partial charge in [0.25, 0.3) is 0 Å². The molecule has 112 valence electrons. The van der Waals surface area contributed by atoms with Gasteiger partial charge in [0.05, 0.1) is 12.1 Å². The maximum Gasteiger partial charge on any atom is 0.180 e. The van der Waals surface area contributed by atoms with Crippen LogP contribution in [-0.2, 0) is 13.2 Å². The monoisotopic (exact) mass is 307 g/mol. The third-order valence-electron chi connectivity index (χ3n) is 2.83. The highest BCUT2D eigenvalue weighted by Crippen LogP contribution is 2.36. The van der Waals surface area contributed by atoms with E-state index in [1.165, 1.54) is 0 Å². The molecule has 0 aliphatic heterocycles. The molecule has 0 spiro atoms. The summed E-state index contributed by atoms with van der Waals surface area (Å²) in [6.07, 6.45) is 3.34. The average molecular weight is 308 g/mol. The van der Waals surface area contributed by atoms with E-state index in [0.717, 1.165) is 18.7 Å². The molecule has 0 unspecified atom stereocenters. The lowest BCUT2D eigenvalue weighted by Crippen LogP contribution is -2.12. The first-order valence-corrected chi connectivity index (χ1v) is 7.08. The van der Waals surface area contributed by atoms with Crippen molar-refractivity contribution in [3.63, 3.8) is 0 Å². The quantitative estimate of drug-likeness (QED) is 0.852. The first kappa shape index (κ1) is 15.5. The van der Waals surface area contributed by atoms with Gasteiger partial charge >= 0.3 is 0 Å². The van der Waals surface area contributed by atoms with Crippen LogP contribution in [0.5, 0.6) is 11.5 Å². The van der Waals surface area contributed by atoms with E-state index in [1.807, 2.05) is 12.1 Å². The van der Waals surface area contributed by atoms with Gasteiger partial charge in [-0.1, -0.05) is 18.5 Å². The second-order valence-corrected chi connectivity index (χ2v) is 4.75. The number of halogens is 1. The van der Waals surface area contributed by atoms with Crippen LogP contribution in [0.1, 0.15) is 18.3 Å². The number of nitrogens with one attached hydrogen (secondary N) is 1. The fourth-order valence-electron chi connectivity index (χ4n) is 1.83. The Balaban J connectivity index is 2.14. The molecule has 0 atom stereocenters. The maximum atomic E-state index is 6.28. The maximum absolute atomic E-state index is 6.28. The van der Waals surface area contributed by atoms with Crippen LogP contribution in [0, 0.1) is 0 Å². The summed E-state index contributed by atoms with van der Waals surface area (Å²) in [7, 11) is 1.59. The predicted molar refractivity (Wildman–Crippen MR) is 81.7 cm³/mol. The van der Waals surface area contributed by atoms with Crippen LogP contribution in [0.15, 0.2) is 30.6 Å². The molecule has 0 fully saturated rings. The van der Waals surface area contributed by atoms with E-state index < -0.39 is 0 Å². The number of methoxy groups -OCH3 is 1. The van der Waals surface area contributed by atoms with Crippen molar-refractivity contribution in [2.24, 2.45) is 0 Å². The molecule has 1 heterocycles. The molecule has 1 N–H and O–H groups in total. The Labute approximate surface area is 129 Å². The molecule has 1 aromatic heterocycles. The number of hydrogen-bond donors (Lipinski definition) is 1. The van der Waals surface area contributed by atoms with E-state index in [4.69, 9.17) is 21.1 Å². The average Bonchev–Trinajstić information content (AvgIpc) is 2.52. The van der Waals surface area contributed by atoms with Crippen LogP contribution in [0.2, 0.25) is 5.02 Å². The Morgan fingerprint density at radius 2 is 2.00 bits per heavy atom. The van der Waals surface area contributed by atoms with Crippen molar-refractivity contribution in [3.8, 4) is 11.5 Å². The fraction of sp³-hybridized carbons (Fsp3) is 0.333. The standard InChI is InChI=1S/C15H18ClN3O2/c1-3-17-9-11-7-12(16)15(13(8-11)20-2)21-10-14-18-5-4-6-19-14/h4-8,17H,3,9-10H2,1-2H3. The van der Waals surface area contributed by atoms with Crippen molar-refractivity contribution in [2.45, 2.75) is 20.1 Å². The number of ether oxygens (including phenoxy) is 2. The minimum absolute atomic E-state index is 0.240. The highest BCUT2D eigenvalue weighted by Gasteiger charge is 2.12. The molecule has 5 nitrogen and oxygen atoms in total. The second-order valence-electron chi connectivity index (χ2n) is 4.34. The van der Waals surface area contributed by atoms with E-state index in [9.17, 15) is 0 Å². The van der Waals surface area contributed by atoms with Crippen LogP contribution >= 0.6 is 11.6 Å². The molecule has 0 aliphatic rings. The summed E-state index contributed by atoms with van der Waals surface area (Å²) >= 11 is 6.28. The molecule has 2 aromatic rings. The van der Waals surface area contributed by atoms with E-state index in [2.05, 4.69) is 22.2 Å². The van der Waals surface area contributed by atoms with Gasteiger partial charge in [-0.3, -0.25) is 0 Å². The first-order chi connectivity index (χ1) is 10.2. The van der Waals surface area contributed by atoms with Crippen LogP contribution in [0.3, 0.4) is 0 Å². The van der Waals surface area contributed by atoms with E-state index in [0.29, 0.717) is 22.3 Å². The van der Waals surface area contributed by atoms with Gasteiger partial charge in [0.1, 0.15) is 6.61 Å². The highest BCUT2D eigenvalue weighted by molar-refractivity contribution is 6.32. The number of hydrogen-bond acceptors (Lipinski definition) is 5. The summed E-state index contributed by atoms with van der Waals surface area (Å²) in [4.78, 5) is 8.21. The van der Waals surface area contributed by atoms with Crippen molar-refractivity contribution in [1.82, 2.24) is 15.3 Å². The molecule has 6 heteroatoms. The summed E-state index contributed by atoms with van der Waals surface area (Å²) in [6, 6.07) is 5.54. The summed E-state index contributed by atoms with van der Waals surface area (Å²) < 4.78 is 11.1. The van der Waals surface area contributed by atoms with Gasteiger partial charge in [0.2, 0.25) is 0 Å². The van der Waals surface area contributed by atoms with Gasteiger partial charge < -0.3 is 14.8 Å². The molecular formula is C15H18ClN3O2. The summed E-state index contributed by atoms with van der Waals surface area (Å²) in [5.74, 6) is 1.70. The third kappa shape index (κ3) is 4.31. The van der Waals surface area contributed by atoms with E-state index >= 15 is 0 Å². The van der Waals surface area contributed by atoms with Crippen molar-refractivity contribution >= 4 is 11.6 Å². The molecule has 0 bridgehead atoms. The van der Waals surface area contributed by atoms with Crippen molar-refractivity contribution < 1.29 is 9.47 Å². The smallest absolute Gasteiger partial charge is 0.180 e. The normalized spacial score (nSPS) is 10.4. The summed E-state index contributed by atoms with van der Waals surface area (Å²) in [5.41, 5.74) is 1.04. The Morgan fingerprint density at radius 3 is 2.67 bits per heavy atom. The SMILES string of the molecule is CCNCc1cc(Cl)c(OCc2ncccn2)c(OC)c1. The molecule has 0 saturated heterocycles. The number of aromatic nitrogens is 2. The van der Waals surface area contributed by atoms with E-state index in [1.54, 1.807) is 25.6 Å². The van der Waals surface area contributed by atoms with Gasteiger partial charge in [-0.2, -0.15) is 0 Å². The first-order valence-electron chi connectivity index (χ1n) is 6.70. The lowest BCUT2D eigenvalue weighted by Gasteiger charge is -2.14. The van der Waals surface area contributed by atoms with Crippen molar-refractivity contribution in [3.05, 3.63) is 47.0 Å². The second kappa shape index (κ2) is 7.81.